The van der Waals surface area contributed by atoms with E-state index in [2.05, 4.69) is 61.2 Å². The zero-order chi connectivity index (χ0) is 22.0. The van der Waals surface area contributed by atoms with Gasteiger partial charge < -0.3 is 9.59 Å². The van der Waals surface area contributed by atoms with Gasteiger partial charge in [0.25, 0.3) is 0 Å². The SMILES string of the molecule is CCC[N+]1(CC#CCC2(O)c3ccccc3-c3ccccc32)CC[C@H](c2ccccc2)C1. The number of aliphatic hydroxyl groups is 1. The van der Waals surface area contributed by atoms with E-state index in [0.717, 1.165) is 33.3 Å². The second kappa shape index (κ2) is 8.58. The molecular weight excluding hydrogens is 390 g/mol. The lowest BCUT2D eigenvalue weighted by Gasteiger charge is -2.32. The van der Waals surface area contributed by atoms with Crippen LogP contribution >= 0.6 is 0 Å². The molecule has 0 aromatic heterocycles. The summed E-state index contributed by atoms with van der Waals surface area (Å²) in [7, 11) is 0. The number of fused-ring (bicyclic) bond motifs is 3. The smallest absolute Gasteiger partial charge is 0.140 e. The number of benzene rings is 3. The van der Waals surface area contributed by atoms with Crippen LogP contribution in [0.2, 0.25) is 0 Å². The van der Waals surface area contributed by atoms with Gasteiger partial charge in [-0.2, -0.15) is 0 Å². The van der Waals surface area contributed by atoms with Gasteiger partial charge in [0, 0.05) is 18.8 Å². The first-order valence-electron chi connectivity index (χ1n) is 11.9. The molecule has 1 aliphatic carbocycles. The molecule has 32 heavy (non-hydrogen) atoms. The topological polar surface area (TPSA) is 20.2 Å². The number of rotatable bonds is 5. The first-order chi connectivity index (χ1) is 15.7. The van der Waals surface area contributed by atoms with E-state index >= 15 is 0 Å². The quantitative estimate of drug-likeness (QED) is 0.412. The molecule has 162 valence electrons. The lowest BCUT2D eigenvalue weighted by molar-refractivity contribution is -0.910. The Morgan fingerprint density at radius 3 is 2.16 bits per heavy atom. The van der Waals surface area contributed by atoms with Gasteiger partial charge in [-0.3, -0.25) is 0 Å². The van der Waals surface area contributed by atoms with Crippen molar-refractivity contribution in [3.63, 3.8) is 0 Å². The Kier molecular flexibility index (Phi) is 5.64. The molecule has 1 heterocycles. The summed E-state index contributed by atoms with van der Waals surface area (Å²) in [6.07, 6.45) is 2.85. The Balaban J connectivity index is 1.35. The minimum atomic E-state index is -1.02. The van der Waals surface area contributed by atoms with Crippen LogP contribution in [-0.2, 0) is 5.60 Å². The Morgan fingerprint density at radius 2 is 1.50 bits per heavy atom. The van der Waals surface area contributed by atoms with E-state index in [9.17, 15) is 5.11 Å². The van der Waals surface area contributed by atoms with Crippen molar-refractivity contribution in [1.29, 1.82) is 0 Å². The van der Waals surface area contributed by atoms with Crippen LogP contribution in [0.15, 0.2) is 78.9 Å². The van der Waals surface area contributed by atoms with Gasteiger partial charge in [0.15, 0.2) is 0 Å². The van der Waals surface area contributed by atoms with Gasteiger partial charge in [0.05, 0.1) is 19.6 Å². The molecule has 2 heteroatoms. The molecule has 2 nitrogen and oxygen atoms in total. The van der Waals surface area contributed by atoms with Crippen molar-refractivity contribution in [2.75, 3.05) is 26.2 Å². The summed E-state index contributed by atoms with van der Waals surface area (Å²) in [5.74, 6) is 7.53. The van der Waals surface area contributed by atoms with E-state index in [1.807, 2.05) is 36.4 Å². The number of quaternary nitrogens is 1. The predicted molar refractivity (Wildman–Crippen MR) is 131 cm³/mol. The lowest BCUT2D eigenvalue weighted by Crippen LogP contribution is -2.46. The van der Waals surface area contributed by atoms with Gasteiger partial charge in [0.2, 0.25) is 0 Å². The summed E-state index contributed by atoms with van der Waals surface area (Å²) in [5.41, 5.74) is 4.67. The van der Waals surface area contributed by atoms with Gasteiger partial charge >= 0.3 is 0 Å². The molecule has 0 amide bonds. The van der Waals surface area contributed by atoms with Gasteiger partial charge in [0.1, 0.15) is 12.1 Å². The molecule has 1 unspecified atom stereocenters. The molecule has 1 N–H and O–H groups in total. The van der Waals surface area contributed by atoms with Crippen molar-refractivity contribution in [2.24, 2.45) is 0 Å². The Hall–Kier alpha value is -2.86. The molecule has 3 aromatic carbocycles. The summed E-state index contributed by atoms with van der Waals surface area (Å²) in [6.45, 7) is 6.68. The minimum Gasteiger partial charge on any atom is -0.379 e. The van der Waals surface area contributed by atoms with Crippen molar-refractivity contribution in [1.82, 2.24) is 0 Å². The van der Waals surface area contributed by atoms with Gasteiger partial charge in [-0.15, -0.1) is 0 Å². The average Bonchev–Trinajstić information content (AvgIpc) is 3.37. The first-order valence-corrected chi connectivity index (χ1v) is 11.9. The molecule has 0 spiro atoms. The number of hydrogen-bond donors (Lipinski definition) is 1. The first kappa shape index (κ1) is 21.0. The zero-order valence-electron chi connectivity index (χ0n) is 18.9. The van der Waals surface area contributed by atoms with Crippen molar-refractivity contribution in [3.8, 4) is 23.0 Å². The van der Waals surface area contributed by atoms with Gasteiger partial charge in [-0.1, -0.05) is 91.7 Å². The van der Waals surface area contributed by atoms with Crippen LogP contribution in [0.5, 0.6) is 0 Å². The second-order valence-electron chi connectivity index (χ2n) is 9.51. The molecule has 5 rings (SSSR count). The fourth-order valence-corrected chi connectivity index (χ4v) is 5.88. The Labute approximate surface area is 192 Å². The van der Waals surface area contributed by atoms with Gasteiger partial charge in [-0.25, -0.2) is 0 Å². The maximum atomic E-state index is 11.7. The zero-order valence-corrected chi connectivity index (χ0v) is 18.9. The monoisotopic (exact) mass is 422 g/mol. The molecule has 1 fully saturated rings. The molecule has 1 saturated heterocycles. The van der Waals surface area contributed by atoms with E-state index in [1.54, 1.807) is 0 Å². The predicted octanol–water partition coefficient (Wildman–Crippen LogP) is 5.71. The molecular formula is C30H32NO+. The summed E-state index contributed by atoms with van der Waals surface area (Å²) >= 11 is 0. The molecule has 0 radical (unpaired) electrons. The van der Waals surface area contributed by atoms with Crippen LogP contribution in [0.25, 0.3) is 11.1 Å². The van der Waals surface area contributed by atoms with E-state index in [1.165, 1.54) is 38.0 Å². The van der Waals surface area contributed by atoms with Crippen molar-refractivity contribution >= 4 is 0 Å². The third kappa shape index (κ3) is 3.66. The summed E-state index contributed by atoms with van der Waals surface area (Å²) in [4.78, 5) is 0. The highest BCUT2D eigenvalue weighted by molar-refractivity contribution is 5.80. The van der Waals surface area contributed by atoms with Gasteiger partial charge in [-0.05, 0) is 40.2 Å². The number of nitrogens with zero attached hydrogens (tertiary/aromatic N) is 1. The highest BCUT2D eigenvalue weighted by Crippen LogP contribution is 2.48. The second-order valence-corrected chi connectivity index (χ2v) is 9.51. The third-order valence-corrected chi connectivity index (χ3v) is 7.45. The minimum absolute atomic E-state index is 0.440. The lowest BCUT2D eigenvalue weighted by atomic mass is 9.88. The molecule has 2 aliphatic rings. The molecule has 1 aliphatic heterocycles. The van der Waals surface area contributed by atoms with Crippen LogP contribution in [0, 0.1) is 11.8 Å². The highest BCUT2D eigenvalue weighted by atomic mass is 16.3. The van der Waals surface area contributed by atoms with Crippen LogP contribution in [-0.4, -0.2) is 35.8 Å². The van der Waals surface area contributed by atoms with Crippen molar-refractivity contribution < 1.29 is 9.59 Å². The fraction of sp³-hybridized carbons (Fsp3) is 0.333. The van der Waals surface area contributed by atoms with E-state index in [4.69, 9.17) is 0 Å². The van der Waals surface area contributed by atoms with Crippen molar-refractivity contribution in [2.45, 2.75) is 37.7 Å². The third-order valence-electron chi connectivity index (χ3n) is 7.45. The Morgan fingerprint density at radius 1 is 0.875 bits per heavy atom. The van der Waals surface area contributed by atoms with Crippen molar-refractivity contribution in [3.05, 3.63) is 95.6 Å². The fourth-order valence-electron chi connectivity index (χ4n) is 5.88. The Bertz CT molecular complexity index is 1110. The number of likely N-dealkylation sites (tertiary alicyclic amines) is 1. The van der Waals surface area contributed by atoms with Crippen LogP contribution in [0.3, 0.4) is 0 Å². The molecule has 0 bridgehead atoms. The maximum Gasteiger partial charge on any atom is 0.140 e. The standard InChI is InChI=1S/C30H32NO/c1-2-20-31(22-18-25(23-31)24-12-4-3-5-13-24)21-11-10-19-30(32)28-16-8-6-14-26(28)27-15-7-9-17-29(27)30/h3-9,12-17,25,32H,2,18-23H2,1H3/q+1/t25-,31?/m0/s1. The molecule has 2 atom stereocenters. The van der Waals surface area contributed by atoms with E-state index in [-0.39, 0.29) is 0 Å². The van der Waals surface area contributed by atoms with E-state index in [0.29, 0.717) is 12.3 Å². The summed E-state index contributed by atoms with van der Waals surface area (Å²) in [6, 6.07) is 27.4. The van der Waals surface area contributed by atoms with E-state index < -0.39 is 5.60 Å². The maximum absolute atomic E-state index is 11.7. The largest absolute Gasteiger partial charge is 0.379 e. The highest BCUT2D eigenvalue weighted by Gasteiger charge is 2.41. The van der Waals surface area contributed by atoms with Crippen LogP contribution in [0.4, 0.5) is 0 Å². The summed E-state index contributed by atoms with van der Waals surface area (Å²) in [5, 5.41) is 11.7. The molecule has 0 saturated carbocycles. The van der Waals surface area contributed by atoms with Crippen LogP contribution < -0.4 is 0 Å². The normalized spacial score (nSPS) is 22.6. The number of hydrogen-bond acceptors (Lipinski definition) is 1. The molecule has 3 aromatic rings. The van der Waals surface area contributed by atoms with Crippen LogP contribution in [0.1, 0.15) is 48.8 Å². The average molecular weight is 423 g/mol. The summed E-state index contributed by atoms with van der Waals surface area (Å²) < 4.78 is 1.08.